The molecule has 0 radical (unpaired) electrons. The Labute approximate surface area is 228 Å². The van der Waals surface area contributed by atoms with Gasteiger partial charge < -0.3 is 0 Å². The number of carbonyl (C=O) groups excluding carboxylic acids is 1. The summed E-state index contributed by atoms with van der Waals surface area (Å²) in [6.45, 7) is 13.9. The zero-order chi connectivity index (χ0) is 27.6. The molecule has 0 bridgehead atoms. The van der Waals surface area contributed by atoms with E-state index >= 15 is 0 Å². The molecule has 0 saturated heterocycles. The first-order valence-electron chi connectivity index (χ1n) is 13.3. The molecule has 0 atom stereocenters. The summed E-state index contributed by atoms with van der Waals surface area (Å²) >= 11 is 0. The standard InChI is InChI=1S/C32H41O5P/c1-7-32(33)37-38(24-16-8-9-17-25(2)3,34-29-21-13-10-18-26(29)4,35-30-22-14-11-19-27(30)5)36-31-23-15-12-20-28(31)6/h7,10-15,18-23,25H,1,8-9,16-17,24H2,2-6H3. The predicted molar refractivity (Wildman–Crippen MR) is 157 cm³/mol. The molecule has 204 valence electrons. The van der Waals surface area contributed by atoms with E-state index in [4.69, 9.17) is 18.1 Å². The van der Waals surface area contributed by atoms with Crippen LogP contribution in [0, 0.1) is 26.7 Å². The Hall–Kier alpha value is -3.30. The quantitative estimate of drug-likeness (QED) is 0.117. The SMILES string of the molecule is C=CC(=O)OP(CCCCCC(C)C)(Oc1ccccc1C)(Oc1ccccc1C)Oc1ccccc1C. The Bertz CT molecular complexity index is 1120. The molecule has 0 aromatic heterocycles. The summed E-state index contributed by atoms with van der Waals surface area (Å²) in [5.74, 6) is 1.54. The van der Waals surface area contributed by atoms with Gasteiger partial charge in [0.25, 0.3) is 0 Å². The molecule has 0 aliphatic carbocycles. The monoisotopic (exact) mass is 536 g/mol. The van der Waals surface area contributed by atoms with Crippen LogP contribution < -0.4 is 13.6 Å². The summed E-state index contributed by atoms with van der Waals surface area (Å²) in [5, 5.41) is 0. The van der Waals surface area contributed by atoms with Gasteiger partial charge in [-0.15, -0.1) is 0 Å². The number of hydrogen-bond donors (Lipinski definition) is 0. The number of hydrogen-bond acceptors (Lipinski definition) is 5. The van der Waals surface area contributed by atoms with Crippen molar-refractivity contribution in [3.05, 3.63) is 102 Å². The van der Waals surface area contributed by atoms with Crippen molar-refractivity contribution in [2.75, 3.05) is 6.16 Å². The van der Waals surface area contributed by atoms with Crippen LogP contribution in [0.1, 0.15) is 56.2 Å². The van der Waals surface area contributed by atoms with Crippen LogP contribution in [-0.4, -0.2) is 12.1 Å². The van der Waals surface area contributed by atoms with Crippen molar-refractivity contribution in [3.8, 4) is 17.2 Å². The zero-order valence-electron chi connectivity index (χ0n) is 23.3. The minimum absolute atomic E-state index is 0.250. The van der Waals surface area contributed by atoms with Crippen LogP contribution in [0.4, 0.5) is 0 Å². The van der Waals surface area contributed by atoms with Gasteiger partial charge in [0.05, 0.1) is 0 Å². The zero-order valence-corrected chi connectivity index (χ0v) is 24.2. The molecular formula is C32H41O5P. The average Bonchev–Trinajstić information content (AvgIpc) is 2.88. The first-order valence-corrected chi connectivity index (χ1v) is 15.4. The summed E-state index contributed by atoms with van der Waals surface area (Å²) in [7, 11) is -4.77. The maximum absolute atomic E-state index is 13.1. The summed E-state index contributed by atoms with van der Waals surface area (Å²) in [5.41, 5.74) is 2.62. The number of unbranched alkanes of at least 4 members (excludes halogenated alkanes) is 2. The van der Waals surface area contributed by atoms with Gasteiger partial charge in [0.1, 0.15) is 0 Å². The molecule has 0 aliphatic heterocycles. The van der Waals surface area contributed by atoms with Gasteiger partial charge in [-0.1, -0.05) is 0 Å². The Morgan fingerprint density at radius 1 is 0.737 bits per heavy atom. The van der Waals surface area contributed by atoms with Gasteiger partial charge in [0, 0.05) is 0 Å². The summed E-state index contributed by atoms with van der Waals surface area (Å²) in [6.07, 6.45) is 5.12. The molecule has 0 fully saturated rings. The molecule has 6 heteroatoms. The van der Waals surface area contributed by atoms with Crippen LogP contribution >= 0.6 is 7.51 Å². The van der Waals surface area contributed by atoms with Gasteiger partial charge in [-0.05, 0) is 0 Å². The normalized spacial score (nSPS) is 12.3. The Balaban J connectivity index is 2.24. The van der Waals surface area contributed by atoms with Crippen molar-refractivity contribution in [1.29, 1.82) is 0 Å². The van der Waals surface area contributed by atoms with Crippen LogP contribution in [0.3, 0.4) is 0 Å². The van der Waals surface area contributed by atoms with E-state index in [0.717, 1.165) is 42.0 Å². The van der Waals surface area contributed by atoms with E-state index in [1.54, 1.807) is 0 Å². The topological polar surface area (TPSA) is 54.0 Å². The summed E-state index contributed by atoms with van der Waals surface area (Å²) in [6, 6.07) is 22.8. The van der Waals surface area contributed by atoms with Gasteiger partial charge in [-0.25, -0.2) is 0 Å². The van der Waals surface area contributed by atoms with Gasteiger partial charge in [0.15, 0.2) is 0 Å². The Kier molecular flexibility index (Phi) is 9.99. The number of carbonyl (C=O) groups is 1. The molecule has 0 N–H and O–H groups in total. The van der Waals surface area contributed by atoms with Crippen molar-refractivity contribution in [2.24, 2.45) is 5.92 Å². The molecule has 38 heavy (non-hydrogen) atoms. The molecule has 0 heterocycles. The number of benzene rings is 3. The summed E-state index contributed by atoms with van der Waals surface area (Å²) in [4.78, 5) is 13.1. The van der Waals surface area contributed by atoms with Crippen LogP contribution in [0.15, 0.2) is 85.5 Å². The van der Waals surface area contributed by atoms with E-state index < -0.39 is 13.5 Å². The Morgan fingerprint density at radius 2 is 1.16 bits per heavy atom. The Morgan fingerprint density at radius 3 is 1.53 bits per heavy atom. The fraction of sp³-hybridized carbons (Fsp3) is 0.344. The summed E-state index contributed by atoms with van der Waals surface area (Å²) < 4.78 is 26.8. The molecule has 0 amide bonds. The second-order valence-corrected chi connectivity index (χ2v) is 13.2. The van der Waals surface area contributed by atoms with Crippen LogP contribution in [0.25, 0.3) is 0 Å². The van der Waals surface area contributed by atoms with Crippen molar-refractivity contribution in [3.63, 3.8) is 0 Å². The number of aryl methyl sites for hydroxylation is 3. The van der Waals surface area contributed by atoms with E-state index in [2.05, 4.69) is 20.4 Å². The van der Waals surface area contributed by atoms with Gasteiger partial charge in [0.2, 0.25) is 0 Å². The van der Waals surface area contributed by atoms with Crippen molar-refractivity contribution >= 4 is 13.5 Å². The van der Waals surface area contributed by atoms with Gasteiger partial charge >= 0.3 is 228 Å². The average molecular weight is 537 g/mol. The fourth-order valence-electron chi connectivity index (χ4n) is 4.15. The molecule has 0 spiro atoms. The van der Waals surface area contributed by atoms with Crippen molar-refractivity contribution in [2.45, 2.75) is 60.3 Å². The minimum atomic E-state index is -4.77. The molecule has 0 aliphatic rings. The second-order valence-electron chi connectivity index (χ2n) is 10.1. The van der Waals surface area contributed by atoms with Crippen LogP contribution in [0.2, 0.25) is 0 Å². The molecule has 0 saturated carbocycles. The van der Waals surface area contributed by atoms with E-state index in [1.807, 2.05) is 93.6 Å². The maximum atomic E-state index is 13.1. The molecule has 5 nitrogen and oxygen atoms in total. The van der Waals surface area contributed by atoms with Crippen molar-refractivity contribution in [1.82, 2.24) is 0 Å². The number of para-hydroxylation sites is 3. The van der Waals surface area contributed by atoms with Crippen LogP contribution in [-0.2, 0) is 9.32 Å². The fourth-order valence-corrected chi connectivity index (χ4v) is 7.66. The van der Waals surface area contributed by atoms with E-state index in [1.165, 1.54) is 0 Å². The molecule has 0 unspecified atom stereocenters. The third kappa shape index (κ3) is 7.61. The third-order valence-electron chi connectivity index (χ3n) is 6.34. The second kappa shape index (κ2) is 13.0. The number of rotatable bonds is 14. The molecule has 3 aromatic carbocycles. The molecular weight excluding hydrogens is 495 g/mol. The first-order chi connectivity index (χ1) is 18.2. The first kappa shape index (κ1) is 29.3. The molecule has 3 aromatic rings. The van der Waals surface area contributed by atoms with Crippen LogP contribution in [0.5, 0.6) is 17.2 Å². The van der Waals surface area contributed by atoms with E-state index in [9.17, 15) is 4.79 Å². The van der Waals surface area contributed by atoms with E-state index in [0.29, 0.717) is 29.6 Å². The third-order valence-corrected chi connectivity index (χ3v) is 9.57. The van der Waals surface area contributed by atoms with Gasteiger partial charge in [-0.2, -0.15) is 0 Å². The predicted octanol–water partition coefficient (Wildman–Crippen LogP) is 9.31. The van der Waals surface area contributed by atoms with Crippen molar-refractivity contribution < 1.29 is 22.9 Å². The van der Waals surface area contributed by atoms with E-state index in [-0.39, 0.29) is 6.16 Å². The molecule has 3 rings (SSSR count). The van der Waals surface area contributed by atoms with Gasteiger partial charge in [-0.3, -0.25) is 0 Å².